The smallest absolute Gasteiger partial charge is 0.123 e. The molecule has 0 saturated heterocycles. The fraction of sp³-hybridized carbons (Fsp3) is 0.154. The van der Waals surface area contributed by atoms with Gasteiger partial charge in [0.1, 0.15) is 5.82 Å². The van der Waals surface area contributed by atoms with Crippen LogP contribution in [-0.2, 0) is 0 Å². The molecule has 0 radical (unpaired) electrons. The number of aliphatic hydroxyl groups excluding tert-OH is 1. The van der Waals surface area contributed by atoms with Crippen molar-refractivity contribution in [3.05, 3.63) is 54.5 Å². The Bertz CT molecular complexity index is 504. The maximum absolute atomic E-state index is 12.8. The van der Waals surface area contributed by atoms with Gasteiger partial charge in [0.15, 0.2) is 0 Å². The number of hydrogen-bond acceptors (Lipinski definition) is 2. The van der Waals surface area contributed by atoms with Crippen LogP contribution in [0.4, 0.5) is 4.39 Å². The third-order valence-electron chi connectivity index (χ3n) is 2.55. The average Bonchev–Trinajstić information content (AvgIpc) is 2.79. The van der Waals surface area contributed by atoms with Crippen molar-refractivity contribution in [3.8, 4) is 11.3 Å². The van der Waals surface area contributed by atoms with E-state index >= 15 is 0 Å². The predicted molar refractivity (Wildman–Crippen MR) is 63.8 cm³/mol. The molecule has 0 spiro atoms. The Morgan fingerprint density at radius 3 is 2.76 bits per heavy atom. The molecule has 0 fully saturated rings. The number of halogens is 1. The fourth-order valence-corrected chi connectivity index (χ4v) is 1.68. The Hall–Kier alpha value is -1.94. The number of aromatic nitrogens is 2. The summed E-state index contributed by atoms with van der Waals surface area (Å²) >= 11 is 0. The van der Waals surface area contributed by atoms with Crippen molar-refractivity contribution in [3.63, 3.8) is 0 Å². The number of benzene rings is 1. The zero-order chi connectivity index (χ0) is 12.3. The molecule has 0 saturated carbocycles. The molecule has 3 nitrogen and oxygen atoms in total. The molecule has 1 heterocycles. The van der Waals surface area contributed by atoms with Crippen molar-refractivity contribution in [2.75, 3.05) is 0 Å². The summed E-state index contributed by atoms with van der Waals surface area (Å²) in [4.78, 5) is 0. The van der Waals surface area contributed by atoms with Crippen molar-refractivity contribution in [1.29, 1.82) is 0 Å². The van der Waals surface area contributed by atoms with E-state index in [1.165, 1.54) is 12.1 Å². The van der Waals surface area contributed by atoms with E-state index in [0.29, 0.717) is 17.7 Å². The highest BCUT2D eigenvalue weighted by atomic mass is 19.1. The number of aromatic amines is 1. The van der Waals surface area contributed by atoms with Crippen LogP contribution in [0.5, 0.6) is 0 Å². The first-order valence-electron chi connectivity index (χ1n) is 5.30. The minimum absolute atomic E-state index is 0.290. The lowest BCUT2D eigenvalue weighted by molar-refractivity contribution is 0.182. The van der Waals surface area contributed by atoms with Gasteiger partial charge in [0, 0.05) is 11.1 Å². The minimum atomic E-state index is -0.647. The molecular formula is C13H13FN2O. The Balaban J connectivity index is 2.36. The Kier molecular flexibility index (Phi) is 3.35. The first kappa shape index (κ1) is 11.5. The van der Waals surface area contributed by atoms with E-state index in [1.54, 1.807) is 24.4 Å². The number of aliphatic hydroxyl groups is 1. The molecule has 0 aliphatic rings. The second kappa shape index (κ2) is 4.93. The lowest BCUT2D eigenvalue weighted by atomic mass is 10.0. The quantitative estimate of drug-likeness (QED) is 0.796. The first-order valence-corrected chi connectivity index (χ1v) is 5.30. The summed E-state index contributed by atoms with van der Waals surface area (Å²) in [5.41, 5.74) is 2.19. The molecule has 2 aromatic rings. The highest BCUT2D eigenvalue weighted by Gasteiger charge is 2.14. The van der Waals surface area contributed by atoms with E-state index in [1.807, 2.05) is 0 Å². The van der Waals surface area contributed by atoms with Gasteiger partial charge in [-0.1, -0.05) is 6.08 Å². The normalized spacial score (nSPS) is 12.4. The summed E-state index contributed by atoms with van der Waals surface area (Å²) in [6, 6.07) is 6.04. The molecule has 1 unspecified atom stereocenters. The third-order valence-corrected chi connectivity index (χ3v) is 2.55. The van der Waals surface area contributed by atoms with Crippen LogP contribution in [0.1, 0.15) is 18.1 Å². The molecule has 0 aliphatic heterocycles. The van der Waals surface area contributed by atoms with Crippen LogP contribution in [0.15, 0.2) is 43.1 Å². The van der Waals surface area contributed by atoms with Gasteiger partial charge < -0.3 is 5.11 Å². The Morgan fingerprint density at radius 1 is 1.41 bits per heavy atom. The molecule has 0 amide bonds. The second-order valence-corrected chi connectivity index (χ2v) is 3.75. The molecule has 0 aliphatic carbocycles. The van der Waals surface area contributed by atoms with Gasteiger partial charge in [-0.25, -0.2) is 4.39 Å². The van der Waals surface area contributed by atoms with Gasteiger partial charge in [0.2, 0.25) is 0 Å². The van der Waals surface area contributed by atoms with Crippen molar-refractivity contribution < 1.29 is 9.50 Å². The SMILES string of the molecule is C=CCC(O)c1cn[nH]c1-c1ccc(F)cc1. The van der Waals surface area contributed by atoms with Crippen molar-refractivity contribution in [2.45, 2.75) is 12.5 Å². The molecule has 1 aromatic carbocycles. The van der Waals surface area contributed by atoms with Crippen LogP contribution in [0.2, 0.25) is 0 Å². The lowest BCUT2D eigenvalue weighted by Crippen LogP contribution is -1.96. The highest BCUT2D eigenvalue weighted by Crippen LogP contribution is 2.27. The monoisotopic (exact) mass is 232 g/mol. The summed E-state index contributed by atoms with van der Waals surface area (Å²) in [5, 5.41) is 16.6. The second-order valence-electron chi connectivity index (χ2n) is 3.75. The van der Waals surface area contributed by atoms with Crippen LogP contribution in [0.25, 0.3) is 11.3 Å². The van der Waals surface area contributed by atoms with Gasteiger partial charge in [0.05, 0.1) is 18.0 Å². The van der Waals surface area contributed by atoms with E-state index in [4.69, 9.17) is 0 Å². The summed E-state index contributed by atoms with van der Waals surface area (Å²) < 4.78 is 12.8. The van der Waals surface area contributed by atoms with Crippen molar-refractivity contribution in [2.24, 2.45) is 0 Å². The van der Waals surface area contributed by atoms with E-state index in [2.05, 4.69) is 16.8 Å². The number of H-pyrrole nitrogens is 1. The predicted octanol–water partition coefficient (Wildman–Crippen LogP) is 2.83. The van der Waals surface area contributed by atoms with Crippen LogP contribution in [-0.4, -0.2) is 15.3 Å². The van der Waals surface area contributed by atoms with Gasteiger partial charge >= 0.3 is 0 Å². The molecule has 17 heavy (non-hydrogen) atoms. The maximum Gasteiger partial charge on any atom is 0.123 e. The summed E-state index contributed by atoms with van der Waals surface area (Å²) in [6.45, 7) is 3.58. The molecule has 0 bridgehead atoms. The molecule has 4 heteroatoms. The van der Waals surface area contributed by atoms with Crippen molar-refractivity contribution >= 4 is 0 Å². The topological polar surface area (TPSA) is 48.9 Å². The van der Waals surface area contributed by atoms with E-state index in [0.717, 1.165) is 5.56 Å². The summed E-state index contributed by atoms with van der Waals surface area (Å²) in [5.74, 6) is -0.290. The molecule has 88 valence electrons. The van der Waals surface area contributed by atoms with E-state index in [-0.39, 0.29) is 5.82 Å². The van der Waals surface area contributed by atoms with Crippen LogP contribution < -0.4 is 0 Å². The van der Waals surface area contributed by atoms with Crippen LogP contribution in [0, 0.1) is 5.82 Å². The Morgan fingerprint density at radius 2 is 2.12 bits per heavy atom. The van der Waals surface area contributed by atoms with Gasteiger partial charge in [-0.3, -0.25) is 5.10 Å². The minimum Gasteiger partial charge on any atom is -0.388 e. The fourth-order valence-electron chi connectivity index (χ4n) is 1.68. The largest absolute Gasteiger partial charge is 0.388 e. The number of nitrogens with zero attached hydrogens (tertiary/aromatic N) is 1. The average molecular weight is 232 g/mol. The van der Waals surface area contributed by atoms with Gasteiger partial charge in [-0.2, -0.15) is 5.10 Å². The number of rotatable bonds is 4. The molecule has 2 N–H and O–H groups in total. The van der Waals surface area contributed by atoms with Crippen molar-refractivity contribution in [1.82, 2.24) is 10.2 Å². The summed E-state index contributed by atoms with van der Waals surface area (Å²) in [7, 11) is 0. The van der Waals surface area contributed by atoms with Gasteiger partial charge in [-0.05, 0) is 30.7 Å². The highest BCUT2D eigenvalue weighted by molar-refractivity contribution is 5.63. The molecular weight excluding hydrogens is 219 g/mol. The number of nitrogens with one attached hydrogen (secondary N) is 1. The van der Waals surface area contributed by atoms with E-state index < -0.39 is 6.10 Å². The zero-order valence-electron chi connectivity index (χ0n) is 9.23. The molecule has 2 rings (SSSR count). The number of hydrogen-bond donors (Lipinski definition) is 2. The van der Waals surface area contributed by atoms with Crippen LogP contribution >= 0.6 is 0 Å². The zero-order valence-corrected chi connectivity index (χ0v) is 9.23. The first-order chi connectivity index (χ1) is 8.22. The molecule has 1 aromatic heterocycles. The Labute approximate surface area is 98.6 Å². The van der Waals surface area contributed by atoms with Gasteiger partial charge in [0.25, 0.3) is 0 Å². The maximum atomic E-state index is 12.8. The van der Waals surface area contributed by atoms with E-state index in [9.17, 15) is 9.50 Å². The van der Waals surface area contributed by atoms with Crippen LogP contribution in [0.3, 0.4) is 0 Å². The third kappa shape index (κ3) is 2.42. The lowest BCUT2D eigenvalue weighted by Gasteiger charge is -2.08. The molecule has 1 atom stereocenters. The summed E-state index contributed by atoms with van der Waals surface area (Å²) in [6.07, 6.45) is 3.03. The standard InChI is InChI=1S/C13H13FN2O/c1-2-3-12(17)11-8-15-16-13(11)9-4-6-10(14)7-5-9/h2,4-8,12,17H,1,3H2,(H,15,16). The van der Waals surface area contributed by atoms with Gasteiger partial charge in [-0.15, -0.1) is 6.58 Å².